The number of ketones is 1. The second-order valence-electron chi connectivity index (χ2n) is 10.1. The number of halogens is 1. The Hall–Kier alpha value is -1.59. The maximum absolute atomic E-state index is 12.8. The lowest BCUT2D eigenvalue weighted by atomic mass is 9.83. The zero-order valence-corrected chi connectivity index (χ0v) is 19.9. The van der Waals surface area contributed by atoms with Crippen molar-refractivity contribution in [1.82, 2.24) is 10.2 Å². The van der Waals surface area contributed by atoms with E-state index in [1.807, 2.05) is 39.0 Å². The standard InChI is InChI=1S/C25H37ClN2O3/c1-25(2,3)31-24(30)27-20-10-8-18(9-11-20)12-15-28-16-13-19(14-17-28)23(29)21-6-4-5-7-22(21)26/h4-7,18-20H,8-17H2,1-3H3,(H,27,30)/t18-,20-. The quantitative estimate of drug-likeness (QED) is 0.566. The van der Waals surface area contributed by atoms with Crippen molar-refractivity contribution in [3.8, 4) is 0 Å². The molecule has 5 nitrogen and oxygen atoms in total. The molecule has 3 rings (SSSR count). The van der Waals surface area contributed by atoms with E-state index < -0.39 is 5.60 Å². The number of ether oxygens (including phenoxy) is 1. The molecule has 2 fully saturated rings. The minimum absolute atomic E-state index is 0.0884. The van der Waals surface area contributed by atoms with E-state index in [2.05, 4.69) is 10.2 Å². The van der Waals surface area contributed by atoms with E-state index in [0.717, 1.165) is 64.1 Å². The molecule has 1 amide bonds. The lowest BCUT2D eigenvalue weighted by Crippen LogP contribution is -2.41. The van der Waals surface area contributed by atoms with Gasteiger partial charge in [-0.05, 0) is 103 Å². The number of likely N-dealkylation sites (tertiary alicyclic amines) is 1. The van der Waals surface area contributed by atoms with Crippen molar-refractivity contribution in [1.29, 1.82) is 0 Å². The summed E-state index contributed by atoms with van der Waals surface area (Å²) in [6, 6.07) is 7.61. The summed E-state index contributed by atoms with van der Waals surface area (Å²) in [5, 5.41) is 3.58. The van der Waals surface area contributed by atoms with Gasteiger partial charge in [0.1, 0.15) is 5.60 Å². The normalized spacial score (nSPS) is 23.4. The Morgan fingerprint density at radius 1 is 1.06 bits per heavy atom. The molecule has 6 heteroatoms. The predicted octanol–water partition coefficient (Wildman–Crippen LogP) is 5.71. The van der Waals surface area contributed by atoms with E-state index in [1.165, 1.54) is 6.42 Å². The molecule has 0 radical (unpaired) electrons. The number of rotatable bonds is 6. The molecule has 0 atom stereocenters. The first-order valence-electron chi connectivity index (χ1n) is 11.7. The Morgan fingerprint density at radius 2 is 1.71 bits per heavy atom. The third-order valence-electron chi connectivity index (χ3n) is 6.52. The molecule has 1 heterocycles. The van der Waals surface area contributed by atoms with Gasteiger partial charge in [-0.25, -0.2) is 4.79 Å². The molecule has 0 unspecified atom stereocenters. The van der Waals surface area contributed by atoms with Crippen LogP contribution < -0.4 is 5.32 Å². The predicted molar refractivity (Wildman–Crippen MR) is 125 cm³/mol. The summed E-state index contributed by atoms with van der Waals surface area (Å²) >= 11 is 6.21. The number of hydrogen-bond acceptors (Lipinski definition) is 4. The minimum atomic E-state index is -0.452. The average Bonchev–Trinajstić information content (AvgIpc) is 2.72. The van der Waals surface area contributed by atoms with Gasteiger partial charge < -0.3 is 15.0 Å². The molecule has 1 N–H and O–H groups in total. The number of amides is 1. The second-order valence-corrected chi connectivity index (χ2v) is 10.5. The Kier molecular flexibility index (Phi) is 8.40. The third kappa shape index (κ3) is 7.50. The maximum atomic E-state index is 12.8. The summed E-state index contributed by atoms with van der Waals surface area (Å²) in [5.41, 5.74) is 0.214. The highest BCUT2D eigenvalue weighted by molar-refractivity contribution is 6.34. The summed E-state index contributed by atoms with van der Waals surface area (Å²) in [6.45, 7) is 8.73. The van der Waals surface area contributed by atoms with Gasteiger partial charge in [0.25, 0.3) is 0 Å². The van der Waals surface area contributed by atoms with Crippen LogP contribution in [0, 0.1) is 11.8 Å². The van der Waals surface area contributed by atoms with Gasteiger partial charge in [-0.3, -0.25) is 4.79 Å². The Morgan fingerprint density at radius 3 is 2.32 bits per heavy atom. The highest BCUT2D eigenvalue weighted by atomic mass is 35.5. The van der Waals surface area contributed by atoms with Crippen LogP contribution in [0.5, 0.6) is 0 Å². The van der Waals surface area contributed by atoms with Gasteiger partial charge >= 0.3 is 6.09 Å². The van der Waals surface area contributed by atoms with Crippen LogP contribution in [-0.4, -0.2) is 48.1 Å². The van der Waals surface area contributed by atoms with E-state index in [4.69, 9.17) is 16.3 Å². The Bertz CT molecular complexity index is 745. The second kappa shape index (κ2) is 10.8. The lowest BCUT2D eigenvalue weighted by Gasteiger charge is -2.34. The van der Waals surface area contributed by atoms with Crippen LogP contribution in [0.1, 0.15) is 76.1 Å². The van der Waals surface area contributed by atoms with Crippen LogP contribution in [0.25, 0.3) is 0 Å². The number of piperidine rings is 1. The van der Waals surface area contributed by atoms with Gasteiger partial charge in [-0.1, -0.05) is 23.7 Å². The number of alkyl carbamates (subject to hydrolysis) is 1. The summed E-state index contributed by atoms with van der Waals surface area (Å²) < 4.78 is 5.37. The SMILES string of the molecule is CC(C)(C)OC(=O)N[C@H]1CC[C@H](CCN2CCC(C(=O)c3ccccc3Cl)CC2)CC1. The van der Waals surface area contributed by atoms with Crippen molar-refractivity contribution >= 4 is 23.5 Å². The van der Waals surface area contributed by atoms with Gasteiger partial charge in [0.05, 0.1) is 5.02 Å². The third-order valence-corrected chi connectivity index (χ3v) is 6.85. The van der Waals surface area contributed by atoms with Crippen molar-refractivity contribution in [2.45, 2.75) is 77.4 Å². The van der Waals surface area contributed by atoms with Crippen LogP contribution in [-0.2, 0) is 4.74 Å². The van der Waals surface area contributed by atoms with Crippen molar-refractivity contribution in [3.05, 3.63) is 34.9 Å². The largest absolute Gasteiger partial charge is 0.444 e. The van der Waals surface area contributed by atoms with Gasteiger partial charge in [0.2, 0.25) is 0 Å². The first kappa shape index (κ1) is 24.1. The van der Waals surface area contributed by atoms with E-state index in [9.17, 15) is 9.59 Å². The zero-order chi connectivity index (χ0) is 22.4. The molecule has 1 saturated heterocycles. The molecule has 31 heavy (non-hydrogen) atoms. The minimum Gasteiger partial charge on any atom is -0.444 e. The molecule has 0 bridgehead atoms. The monoisotopic (exact) mass is 448 g/mol. The van der Waals surface area contributed by atoms with Gasteiger partial charge in [-0.2, -0.15) is 0 Å². The fourth-order valence-electron chi connectivity index (χ4n) is 4.73. The molecular formula is C25H37ClN2O3. The van der Waals surface area contributed by atoms with Crippen LogP contribution >= 0.6 is 11.6 Å². The first-order valence-corrected chi connectivity index (χ1v) is 12.1. The van der Waals surface area contributed by atoms with Crippen LogP contribution in [0.2, 0.25) is 5.02 Å². The van der Waals surface area contributed by atoms with Crippen molar-refractivity contribution < 1.29 is 14.3 Å². The molecule has 0 aromatic heterocycles. The summed E-state index contributed by atoms with van der Waals surface area (Å²) in [6.07, 6.45) is 7.08. The molecule has 1 aliphatic heterocycles. The van der Waals surface area contributed by atoms with Crippen LogP contribution in [0.15, 0.2) is 24.3 Å². The summed E-state index contributed by atoms with van der Waals surface area (Å²) in [4.78, 5) is 27.2. The number of nitrogens with zero attached hydrogens (tertiary/aromatic N) is 1. The Balaban J connectivity index is 1.33. The number of carbonyl (C=O) groups excluding carboxylic acids is 2. The number of Topliss-reactive ketones (excluding diaryl/α,β-unsaturated/α-hetero) is 1. The maximum Gasteiger partial charge on any atom is 0.407 e. The fraction of sp³-hybridized carbons (Fsp3) is 0.680. The van der Waals surface area contributed by atoms with Crippen molar-refractivity contribution in [3.63, 3.8) is 0 Å². The molecule has 1 aromatic carbocycles. The van der Waals surface area contributed by atoms with Gasteiger partial charge in [0.15, 0.2) is 5.78 Å². The Labute approximate surface area is 191 Å². The smallest absolute Gasteiger partial charge is 0.407 e. The zero-order valence-electron chi connectivity index (χ0n) is 19.2. The molecule has 1 aromatic rings. The van der Waals surface area contributed by atoms with Gasteiger partial charge in [-0.15, -0.1) is 0 Å². The average molecular weight is 449 g/mol. The van der Waals surface area contributed by atoms with Crippen LogP contribution in [0.4, 0.5) is 4.79 Å². The number of nitrogens with one attached hydrogen (secondary N) is 1. The van der Waals surface area contributed by atoms with Crippen LogP contribution in [0.3, 0.4) is 0 Å². The van der Waals surface area contributed by atoms with E-state index in [0.29, 0.717) is 10.6 Å². The first-order chi connectivity index (χ1) is 14.7. The summed E-state index contributed by atoms with van der Waals surface area (Å²) in [5.74, 6) is 1.01. The molecule has 1 aliphatic carbocycles. The number of carbonyl (C=O) groups is 2. The highest BCUT2D eigenvalue weighted by Crippen LogP contribution is 2.29. The fourth-order valence-corrected chi connectivity index (χ4v) is 4.96. The molecule has 2 aliphatic rings. The molecule has 0 spiro atoms. The van der Waals surface area contributed by atoms with Crippen molar-refractivity contribution in [2.75, 3.05) is 19.6 Å². The molecule has 1 saturated carbocycles. The summed E-state index contributed by atoms with van der Waals surface area (Å²) in [7, 11) is 0. The van der Waals surface area contributed by atoms with E-state index >= 15 is 0 Å². The number of benzene rings is 1. The van der Waals surface area contributed by atoms with Crippen molar-refractivity contribution in [2.24, 2.45) is 11.8 Å². The topological polar surface area (TPSA) is 58.6 Å². The number of hydrogen-bond donors (Lipinski definition) is 1. The highest BCUT2D eigenvalue weighted by Gasteiger charge is 2.28. The van der Waals surface area contributed by atoms with E-state index in [-0.39, 0.29) is 23.8 Å². The lowest BCUT2D eigenvalue weighted by molar-refractivity contribution is 0.0485. The van der Waals surface area contributed by atoms with E-state index in [1.54, 1.807) is 6.07 Å². The van der Waals surface area contributed by atoms with Gasteiger partial charge in [0, 0.05) is 17.5 Å². The molecule has 172 valence electrons. The molecular weight excluding hydrogens is 412 g/mol.